The molecule has 0 N–H and O–H groups in total. The molecule has 5 heteroatoms. The van der Waals surface area contributed by atoms with Gasteiger partial charge in [-0.1, -0.05) is 188 Å². The zero-order chi connectivity index (χ0) is 40.1. The van der Waals surface area contributed by atoms with Gasteiger partial charge < -0.3 is 0 Å². The molecule has 3 heterocycles. The molecule has 60 heavy (non-hydrogen) atoms. The predicted octanol–water partition coefficient (Wildman–Crippen LogP) is 13.7. The Morgan fingerprint density at radius 3 is 1.25 bits per heavy atom. The van der Waals surface area contributed by atoms with Crippen LogP contribution in [0.4, 0.5) is 0 Å². The molecule has 10 aromatic rings. The Kier molecular flexibility index (Phi) is 9.88. The second-order valence-electron chi connectivity index (χ2n) is 14.5. The summed E-state index contributed by atoms with van der Waals surface area (Å²) in [6.07, 6.45) is 3.74. The molecule has 0 aliphatic heterocycles. The Balaban J connectivity index is 1.18. The van der Waals surface area contributed by atoms with Gasteiger partial charge in [0.1, 0.15) is 0 Å². The quantitative estimate of drug-likeness (QED) is 0.146. The van der Waals surface area contributed by atoms with Crippen LogP contribution in [0.3, 0.4) is 0 Å². The van der Waals surface area contributed by atoms with Crippen LogP contribution in [0.25, 0.3) is 101 Å². The Morgan fingerprint density at radius 1 is 0.250 bits per heavy atom. The standard InChI is InChI=1S/C55H37N5/c1-5-18-38(19-6-1)49-35-50(39-20-7-2-8-21-39)59-55(58-49)43-27-15-26-42(34-43)53-45(44-28-17-33-56-37-44)31-16-32-48(53)46-29-13-14-30-47(46)52-36-51(40-22-9-3-10-23-40)57-54(60-52)41-24-11-4-12-25-41/h1-37H. The molecule has 0 fully saturated rings. The maximum absolute atomic E-state index is 5.25. The number of nitrogens with zero attached hydrogens (tertiary/aromatic N) is 5. The molecule has 0 atom stereocenters. The fourth-order valence-electron chi connectivity index (χ4n) is 7.75. The first kappa shape index (κ1) is 36.2. The zero-order valence-corrected chi connectivity index (χ0v) is 32.6. The van der Waals surface area contributed by atoms with Gasteiger partial charge >= 0.3 is 0 Å². The normalized spacial score (nSPS) is 11.0. The van der Waals surface area contributed by atoms with Crippen LogP contribution in [0, 0.1) is 0 Å². The molecule has 0 spiro atoms. The minimum atomic E-state index is 0.653. The van der Waals surface area contributed by atoms with Crippen molar-refractivity contribution >= 4 is 0 Å². The minimum Gasteiger partial charge on any atom is -0.264 e. The van der Waals surface area contributed by atoms with Gasteiger partial charge in [0.05, 0.1) is 22.8 Å². The van der Waals surface area contributed by atoms with Crippen molar-refractivity contribution in [3.05, 3.63) is 225 Å². The van der Waals surface area contributed by atoms with Crippen LogP contribution >= 0.6 is 0 Å². The smallest absolute Gasteiger partial charge is 0.160 e. The number of pyridine rings is 1. The summed E-state index contributed by atoms with van der Waals surface area (Å²) in [5.74, 6) is 1.33. The van der Waals surface area contributed by atoms with Crippen molar-refractivity contribution in [3.8, 4) is 101 Å². The summed E-state index contributed by atoms with van der Waals surface area (Å²) < 4.78 is 0. The third-order valence-corrected chi connectivity index (χ3v) is 10.6. The lowest BCUT2D eigenvalue weighted by molar-refractivity contribution is 1.18. The number of aromatic nitrogens is 5. The Bertz CT molecular complexity index is 2950. The topological polar surface area (TPSA) is 64.5 Å². The van der Waals surface area contributed by atoms with Crippen LogP contribution in [0.5, 0.6) is 0 Å². The first-order valence-corrected chi connectivity index (χ1v) is 20.0. The van der Waals surface area contributed by atoms with Crippen molar-refractivity contribution in [2.24, 2.45) is 0 Å². The number of hydrogen-bond acceptors (Lipinski definition) is 5. The third-order valence-electron chi connectivity index (χ3n) is 10.6. The summed E-state index contributed by atoms with van der Waals surface area (Å²) in [5, 5.41) is 0. The lowest BCUT2D eigenvalue weighted by atomic mass is 9.85. The first-order chi connectivity index (χ1) is 29.7. The number of hydrogen-bond donors (Lipinski definition) is 0. The van der Waals surface area contributed by atoms with Gasteiger partial charge in [0.2, 0.25) is 0 Å². The van der Waals surface area contributed by atoms with E-state index in [-0.39, 0.29) is 0 Å². The lowest BCUT2D eigenvalue weighted by Gasteiger charge is -2.19. The fraction of sp³-hybridized carbons (Fsp3) is 0. The molecule has 0 unspecified atom stereocenters. The van der Waals surface area contributed by atoms with Crippen molar-refractivity contribution in [3.63, 3.8) is 0 Å². The summed E-state index contributed by atoms with van der Waals surface area (Å²) >= 11 is 0. The van der Waals surface area contributed by atoms with Gasteiger partial charge in [-0.15, -0.1) is 0 Å². The van der Waals surface area contributed by atoms with Crippen molar-refractivity contribution in [1.82, 2.24) is 24.9 Å². The van der Waals surface area contributed by atoms with Crippen LogP contribution in [-0.4, -0.2) is 24.9 Å². The highest BCUT2D eigenvalue weighted by molar-refractivity contribution is 5.99. The van der Waals surface area contributed by atoms with E-state index in [1.165, 1.54) is 0 Å². The van der Waals surface area contributed by atoms with Crippen molar-refractivity contribution in [1.29, 1.82) is 0 Å². The van der Waals surface area contributed by atoms with Crippen LogP contribution in [0.15, 0.2) is 225 Å². The molecule has 0 radical (unpaired) electrons. The van der Waals surface area contributed by atoms with Gasteiger partial charge in [-0.05, 0) is 52.1 Å². The maximum Gasteiger partial charge on any atom is 0.160 e. The lowest BCUT2D eigenvalue weighted by Crippen LogP contribution is -1.98. The van der Waals surface area contributed by atoms with Gasteiger partial charge in [-0.25, -0.2) is 19.9 Å². The Hall–Kier alpha value is -8.15. The van der Waals surface area contributed by atoms with Crippen LogP contribution in [0.2, 0.25) is 0 Å². The molecule has 0 saturated heterocycles. The summed E-state index contributed by atoms with van der Waals surface area (Å²) in [6, 6.07) is 73.0. The number of benzene rings is 7. The average Bonchev–Trinajstić information content (AvgIpc) is 3.35. The van der Waals surface area contributed by atoms with Gasteiger partial charge in [0.15, 0.2) is 11.6 Å². The highest BCUT2D eigenvalue weighted by Gasteiger charge is 2.20. The second-order valence-corrected chi connectivity index (χ2v) is 14.5. The second kappa shape index (κ2) is 16.4. The molecule has 0 amide bonds. The molecular weight excluding hydrogens is 731 g/mol. The summed E-state index contributed by atoms with van der Waals surface area (Å²) in [4.78, 5) is 25.2. The van der Waals surface area contributed by atoms with E-state index < -0.39 is 0 Å². The molecule has 3 aromatic heterocycles. The zero-order valence-electron chi connectivity index (χ0n) is 32.6. The van der Waals surface area contributed by atoms with E-state index in [1.807, 2.05) is 91.3 Å². The van der Waals surface area contributed by atoms with E-state index in [0.717, 1.165) is 89.5 Å². The van der Waals surface area contributed by atoms with Gasteiger partial charge in [-0.2, -0.15) is 0 Å². The average molecular weight is 768 g/mol. The summed E-state index contributed by atoms with van der Waals surface area (Å²) in [7, 11) is 0. The predicted molar refractivity (Wildman–Crippen MR) is 244 cm³/mol. The van der Waals surface area contributed by atoms with E-state index in [1.54, 1.807) is 0 Å². The van der Waals surface area contributed by atoms with E-state index >= 15 is 0 Å². The van der Waals surface area contributed by atoms with E-state index in [9.17, 15) is 0 Å². The molecule has 0 aliphatic carbocycles. The minimum absolute atomic E-state index is 0.653. The molecular formula is C55H37N5. The van der Waals surface area contributed by atoms with Crippen LogP contribution in [0.1, 0.15) is 0 Å². The molecule has 7 aromatic carbocycles. The first-order valence-electron chi connectivity index (χ1n) is 20.0. The Labute approximate surface area is 349 Å². The van der Waals surface area contributed by atoms with E-state index in [2.05, 4.69) is 138 Å². The largest absolute Gasteiger partial charge is 0.264 e. The van der Waals surface area contributed by atoms with E-state index in [0.29, 0.717) is 11.6 Å². The third kappa shape index (κ3) is 7.39. The highest BCUT2D eigenvalue weighted by atomic mass is 14.9. The van der Waals surface area contributed by atoms with Crippen molar-refractivity contribution < 1.29 is 0 Å². The molecule has 0 aliphatic rings. The molecule has 0 bridgehead atoms. The van der Waals surface area contributed by atoms with Gasteiger partial charge in [-0.3, -0.25) is 4.98 Å². The maximum atomic E-state index is 5.25. The molecule has 0 saturated carbocycles. The molecule has 5 nitrogen and oxygen atoms in total. The highest BCUT2D eigenvalue weighted by Crippen LogP contribution is 2.44. The van der Waals surface area contributed by atoms with Gasteiger partial charge in [0, 0.05) is 51.3 Å². The Morgan fingerprint density at radius 2 is 0.667 bits per heavy atom. The van der Waals surface area contributed by atoms with Crippen LogP contribution in [-0.2, 0) is 0 Å². The van der Waals surface area contributed by atoms with Crippen molar-refractivity contribution in [2.45, 2.75) is 0 Å². The summed E-state index contributed by atoms with van der Waals surface area (Å²) in [6.45, 7) is 0. The molecule has 10 rings (SSSR count). The van der Waals surface area contributed by atoms with Crippen LogP contribution < -0.4 is 0 Å². The number of rotatable bonds is 9. The molecule has 282 valence electrons. The SMILES string of the molecule is c1ccc(-c2cc(-c3ccccc3)nc(-c3cccc(-c4c(-c5cccnc5)cccc4-c4ccccc4-c4cc(-c5ccccc5)nc(-c5ccccc5)n4)c3)n2)cc1. The summed E-state index contributed by atoms with van der Waals surface area (Å²) in [5.41, 5.74) is 15.7. The fourth-order valence-corrected chi connectivity index (χ4v) is 7.75. The monoisotopic (exact) mass is 767 g/mol. The van der Waals surface area contributed by atoms with Gasteiger partial charge in [0.25, 0.3) is 0 Å². The van der Waals surface area contributed by atoms with E-state index in [4.69, 9.17) is 19.9 Å². The van der Waals surface area contributed by atoms with Crippen molar-refractivity contribution in [2.75, 3.05) is 0 Å².